The molecule has 4 nitrogen and oxygen atoms in total. The van der Waals surface area contributed by atoms with Crippen LogP contribution in [0.3, 0.4) is 0 Å². The van der Waals surface area contributed by atoms with E-state index >= 15 is 0 Å². The third kappa shape index (κ3) is 3.77. The summed E-state index contributed by atoms with van der Waals surface area (Å²) in [7, 11) is 0. The molecule has 0 fully saturated rings. The average molecular weight is 283 g/mol. The van der Waals surface area contributed by atoms with Crippen molar-refractivity contribution < 1.29 is 14.7 Å². The van der Waals surface area contributed by atoms with Gasteiger partial charge in [0.15, 0.2) is 5.78 Å². The Morgan fingerprint density at radius 1 is 0.952 bits per heavy atom. The smallest absolute Gasteiger partial charge is 0.252 e. The van der Waals surface area contributed by atoms with Crippen molar-refractivity contribution in [3.8, 4) is 0 Å². The van der Waals surface area contributed by atoms with Crippen LogP contribution in [0.25, 0.3) is 0 Å². The Labute approximate surface area is 123 Å². The molecule has 0 heterocycles. The molecule has 2 rings (SSSR count). The number of carbonyl (C=O) groups is 2. The number of benzene rings is 2. The summed E-state index contributed by atoms with van der Waals surface area (Å²) < 4.78 is 0. The first-order valence-corrected chi connectivity index (χ1v) is 6.72. The summed E-state index contributed by atoms with van der Waals surface area (Å²) in [6.07, 6.45) is -1.15. The van der Waals surface area contributed by atoms with Crippen LogP contribution in [-0.4, -0.2) is 22.9 Å². The quantitative estimate of drug-likeness (QED) is 0.883. The first-order chi connectivity index (χ1) is 10.1. The normalized spacial score (nSPS) is 13.2. The highest BCUT2D eigenvalue weighted by Crippen LogP contribution is 2.16. The molecule has 21 heavy (non-hydrogen) atoms. The second-order valence-electron chi connectivity index (χ2n) is 4.76. The SMILES string of the molecule is CC(O)C(=O)[C@@H](NC(=O)c1ccccc1)c1ccccc1. The van der Waals surface area contributed by atoms with E-state index in [1.165, 1.54) is 6.92 Å². The van der Waals surface area contributed by atoms with E-state index in [1.54, 1.807) is 48.5 Å². The second kappa shape index (κ2) is 6.81. The van der Waals surface area contributed by atoms with Crippen LogP contribution in [0.4, 0.5) is 0 Å². The van der Waals surface area contributed by atoms with E-state index in [2.05, 4.69) is 5.32 Å². The van der Waals surface area contributed by atoms with Gasteiger partial charge in [-0.05, 0) is 24.6 Å². The summed E-state index contributed by atoms with van der Waals surface area (Å²) in [4.78, 5) is 24.4. The van der Waals surface area contributed by atoms with Gasteiger partial charge >= 0.3 is 0 Å². The van der Waals surface area contributed by atoms with Crippen molar-refractivity contribution >= 4 is 11.7 Å². The Morgan fingerprint density at radius 3 is 2.00 bits per heavy atom. The maximum atomic E-state index is 12.2. The maximum Gasteiger partial charge on any atom is 0.252 e. The van der Waals surface area contributed by atoms with Crippen molar-refractivity contribution in [1.29, 1.82) is 0 Å². The third-order valence-electron chi connectivity index (χ3n) is 3.14. The lowest BCUT2D eigenvalue weighted by molar-refractivity contribution is -0.128. The number of ketones is 1. The summed E-state index contributed by atoms with van der Waals surface area (Å²) in [6.45, 7) is 1.40. The van der Waals surface area contributed by atoms with Crippen LogP contribution in [0.1, 0.15) is 28.9 Å². The molecular formula is C17H17NO3. The monoisotopic (exact) mass is 283 g/mol. The molecule has 0 radical (unpaired) electrons. The van der Waals surface area contributed by atoms with Crippen molar-refractivity contribution in [1.82, 2.24) is 5.32 Å². The maximum absolute atomic E-state index is 12.2. The van der Waals surface area contributed by atoms with Gasteiger partial charge in [-0.25, -0.2) is 0 Å². The minimum Gasteiger partial charge on any atom is -0.386 e. The fourth-order valence-corrected chi connectivity index (χ4v) is 2.01. The molecule has 0 aliphatic carbocycles. The predicted molar refractivity (Wildman–Crippen MR) is 79.8 cm³/mol. The van der Waals surface area contributed by atoms with Crippen molar-refractivity contribution in [2.75, 3.05) is 0 Å². The van der Waals surface area contributed by atoms with Crippen LogP contribution in [0.5, 0.6) is 0 Å². The van der Waals surface area contributed by atoms with Gasteiger partial charge in [0, 0.05) is 5.56 Å². The van der Waals surface area contributed by atoms with E-state index in [1.807, 2.05) is 12.1 Å². The zero-order valence-corrected chi connectivity index (χ0v) is 11.7. The zero-order valence-electron chi connectivity index (χ0n) is 11.7. The van der Waals surface area contributed by atoms with Gasteiger partial charge in [-0.2, -0.15) is 0 Å². The Morgan fingerprint density at radius 2 is 1.48 bits per heavy atom. The number of aliphatic hydroxyl groups is 1. The molecule has 4 heteroatoms. The molecule has 0 saturated carbocycles. The zero-order chi connectivity index (χ0) is 15.2. The molecule has 2 aromatic carbocycles. The lowest BCUT2D eigenvalue weighted by Gasteiger charge is -2.19. The number of amides is 1. The van der Waals surface area contributed by atoms with Crippen molar-refractivity contribution in [3.63, 3.8) is 0 Å². The van der Waals surface area contributed by atoms with E-state index in [0.29, 0.717) is 11.1 Å². The minimum atomic E-state index is -1.15. The first kappa shape index (κ1) is 14.9. The van der Waals surface area contributed by atoms with Gasteiger partial charge in [-0.3, -0.25) is 9.59 Å². The molecular weight excluding hydrogens is 266 g/mol. The van der Waals surface area contributed by atoms with Gasteiger partial charge in [0.25, 0.3) is 5.91 Å². The Balaban J connectivity index is 2.25. The summed E-state index contributed by atoms with van der Waals surface area (Å²) >= 11 is 0. The molecule has 0 bridgehead atoms. The average Bonchev–Trinajstić information content (AvgIpc) is 2.53. The Kier molecular flexibility index (Phi) is 4.85. The van der Waals surface area contributed by atoms with Crippen LogP contribution in [0.2, 0.25) is 0 Å². The Hall–Kier alpha value is -2.46. The number of hydrogen-bond acceptors (Lipinski definition) is 3. The highest BCUT2D eigenvalue weighted by Gasteiger charge is 2.26. The molecule has 0 aliphatic rings. The van der Waals surface area contributed by atoms with Crippen LogP contribution < -0.4 is 5.32 Å². The first-order valence-electron chi connectivity index (χ1n) is 6.72. The summed E-state index contributed by atoms with van der Waals surface area (Å²) in [5, 5.41) is 12.2. The van der Waals surface area contributed by atoms with Gasteiger partial charge in [0.05, 0.1) is 0 Å². The number of Topliss-reactive ketones (excluding diaryl/α,β-unsaturated/α-hetero) is 1. The van der Waals surface area contributed by atoms with E-state index in [4.69, 9.17) is 0 Å². The molecule has 2 N–H and O–H groups in total. The molecule has 2 atom stereocenters. The Bertz CT molecular complexity index is 608. The van der Waals surface area contributed by atoms with Crippen LogP contribution in [0.15, 0.2) is 60.7 Å². The van der Waals surface area contributed by atoms with Crippen molar-refractivity contribution in [2.45, 2.75) is 19.1 Å². The molecule has 0 aromatic heterocycles. The molecule has 2 aromatic rings. The molecule has 0 aliphatic heterocycles. The number of aliphatic hydroxyl groups excluding tert-OH is 1. The number of rotatable bonds is 5. The number of carbonyl (C=O) groups excluding carboxylic acids is 2. The molecule has 1 unspecified atom stereocenters. The fraction of sp³-hybridized carbons (Fsp3) is 0.176. The van der Waals surface area contributed by atoms with E-state index in [-0.39, 0.29) is 5.91 Å². The van der Waals surface area contributed by atoms with Crippen LogP contribution in [-0.2, 0) is 4.79 Å². The molecule has 0 spiro atoms. The molecule has 108 valence electrons. The second-order valence-corrected chi connectivity index (χ2v) is 4.76. The fourth-order valence-electron chi connectivity index (χ4n) is 2.01. The topological polar surface area (TPSA) is 66.4 Å². The number of hydrogen-bond donors (Lipinski definition) is 2. The van der Waals surface area contributed by atoms with Gasteiger partial charge in [0.1, 0.15) is 12.1 Å². The van der Waals surface area contributed by atoms with Crippen LogP contribution in [0, 0.1) is 0 Å². The third-order valence-corrected chi connectivity index (χ3v) is 3.14. The lowest BCUT2D eigenvalue weighted by Crippen LogP contribution is -2.38. The van der Waals surface area contributed by atoms with E-state index < -0.39 is 17.9 Å². The van der Waals surface area contributed by atoms with E-state index in [0.717, 1.165) is 0 Å². The van der Waals surface area contributed by atoms with Gasteiger partial charge in [-0.1, -0.05) is 48.5 Å². The van der Waals surface area contributed by atoms with Crippen molar-refractivity contribution in [3.05, 3.63) is 71.8 Å². The molecule has 1 amide bonds. The summed E-state index contributed by atoms with van der Waals surface area (Å²) in [5.74, 6) is -0.788. The standard InChI is InChI=1S/C17H17NO3/c1-12(19)16(20)15(13-8-4-2-5-9-13)18-17(21)14-10-6-3-7-11-14/h2-12,15,19H,1H3,(H,18,21)/t12?,15-/m0/s1. The number of nitrogens with one attached hydrogen (secondary N) is 1. The lowest BCUT2D eigenvalue weighted by atomic mass is 9.99. The predicted octanol–water partition coefficient (Wildman–Crippen LogP) is 2.11. The minimum absolute atomic E-state index is 0.349. The van der Waals surface area contributed by atoms with Crippen LogP contribution >= 0.6 is 0 Å². The largest absolute Gasteiger partial charge is 0.386 e. The molecule has 0 saturated heterocycles. The summed E-state index contributed by atoms with van der Waals surface area (Å²) in [6, 6.07) is 16.7. The van der Waals surface area contributed by atoms with E-state index in [9.17, 15) is 14.7 Å². The van der Waals surface area contributed by atoms with Gasteiger partial charge in [0.2, 0.25) is 0 Å². The highest BCUT2D eigenvalue weighted by molar-refractivity contribution is 5.99. The van der Waals surface area contributed by atoms with Gasteiger partial charge in [-0.15, -0.1) is 0 Å². The highest BCUT2D eigenvalue weighted by atomic mass is 16.3. The van der Waals surface area contributed by atoms with Gasteiger partial charge < -0.3 is 10.4 Å². The summed E-state index contributed by atoms with van der Waals surface area (Å²) in [5.41, 5.74) is 1.12. The van der Waals surface area contributed by atoms with Crippen molar-refractivity contribution in [2.24, 2.45) is 0 Å².